The van der Waals surface area contributed by atoms with E-state index in [0.29, 0.717) is 6.42 Å². The van der Waals surface area contributed by atoms with Gasteiger partial charge in [-0.05, 0) is 35.1 Å². The average molecular weight is 330 g/mol. The Morgan fingerprint density at radius 2 is 2.21 bits per heavy atom. The van der Waals surface area contributed by atoms with Crippen LogP contribution in [0.1, 0.15) is 12.8 Å². The molecule has 0 fully saturated rings. The molecule has 6 rings (SSSR count). The molecule has 0 bridgehead atoms. The van der Waals surface area contributed by atoms with Gasteiger partial charge in [-0.2, -0.15) is 0 Å². The third-order valence-electron chi connectivity index (χ3n) is 6.05. The molecular formula is C20H14N2OS. The van der Waals surface area contributed by atoms with Gasteiger partial charge in [-0.25, -0.2) is 0 Å². The molecule has 0 radical (unpaired) electrons. The zero-order valence-electron chi connectivity index (χ0n) is 12.9. The molecular weight excluding hydrogens is 316 g/mol. The van der Waals surface area contributed by atoms with E-state index in [1.807, 2.05) is 6.20 Å². The summed E-state index contributed by atoms with van der Waals surface area (Å²) in [5, 5.41) is 2.13. The van der Waals surface area contributed by atoms with Crippen LogP contribution in [-0.2, 0) is 4.79 Å². The lowest BCUT2D eigenvalue weighted by Crippen LogP contribution is -2.49. The maximum Gasteiger partial charge on any atom is 0.156 e. The van der Waals surface area contributed by atoms with Crippen LogP contribution in [0.15, 0.2) is 79.8 Å². The molecule has 2 spiro atoms. The van der Waals surface area contributed by atoms with Crippen LogP contribution >= 0.6 is 11.8 Å². The Balaban J connectivity index is 1.71. The Labute approximate surface area is 144 Å². The van der Waals surface area contributed by atoms with Crippen molar-refractivity contribution in [1.29, 1.82) is 0 Å². The number of aliphatic imine (C=N–C) groups is 2. The Bertz CT molecular complexity index is 972. The quantitative estimate of drug-likeness (QED) is 0.676. The van der Waals surface area contributed by atoms with Crippen LogP contribution in [0.4, 0.5) is 0 Å². The lowest BCUT2D eigenvalue weighted by molar-refractivity contribution is -0.117. The van der Waals surface area contributed by atoms with Gasteiger partial charge in [-0.15, -0.1) is 0 Å². The zero-order chi connectivity index (χ0) is 15.9. The molecule has 0 N–H and O–H groups in total. The van der Waals surface area contributed by atoms with Crippen molar-refractivity contribution in [1.82, 2.24) is 0 Å². The fourth-order valence-corrected chi connectivity index (χ4v) is 6.27. The van der Waals surface area contributed by atoms with Crippen LogP contribution in [0.3, 0.4) is 0 Å². The van der Waals surface area contributed by atoms with Crippen molar-refractivity contribution < 1.29 is 4.79 Å². The maximum atomic E-state index is 12.3. The topological polar surface area (TPSA) is 41.8 Å². The van der Waals surface area contributed by atoms with Crippen molar-refractivity contribution >= 4 is 29.5 Å². The monoisotopic (exact) mass is 330 g/mol. The van der Waals surface area contributed by atoms with Gasteiger partial charge in [0.05, 0.1) is 22.7 Å². The predicted octanol–water partition coefficient (Wildman–Crippen LogP) is 3.90. The number of fused-ring (bicyclic) bond motifs is 4. The SMILES string of the molecule is O=C1C=CC23C=NC=C2C2C4=CCC=CC4=NC2=C2SC=CC23C1. The van der Waals surface area contributed by atoms with Gasteiger partial charge in [0, 0.05) is 29.2 Å². The summed E-state index contributed by atoms with van der Waals surface area (Å²) in [7, 11) is 0. The van der Waals surface area contributed by atoms with Gasteiger partial charge in [-0.1, -0.05) is 36.1 Å². The van der Waals surface area contributed by atoms with Crippen molar-refractivity contribution in [3.8, 4) is 0 Å². The molecule has 3 unspecified atom stereocenters. The first-order chi connectivity index (χ1) is 11.8. The van der Waals surface area contributed by atoms with Crippen molar-refractivity contribution in [2.75, 3.05) is 0 Å². The van der Waals surface area contributed by atoms with E-state index in [0.717, 1.165) is 17.8 Å². The number of thioether (sulfide) groups is 1. The standard InChI is InChI=1S/C20H14N2OS/c23-12-5-6-20-11-21-10-14(20)16-13-3-1-2-4-15(13)22-17(16)18-19(20,9-12)7-8-24-18/h2-8,10-11,16H,1,9H2. The van der Waals surface area contributed by atoms with Crippen LogP contribution in [0, 0.1) is 16.7 Å². The van der Waals surface area contributed by atoms with Gasteiger partial charge in [0.2, 0.25) is 0 Å². The van der Waals surface area contributed by atoms with E-state index >= 15 is 0 Å². The molecule has 0 aromatic carbocycles. The molecule has 3 aliphatic carbocycles. The summed E-state index contributed by atoms with van der Waals surface area (Å²) >= 11 is 1.74. The first-order valence-corrected chi connectivity index (χ1v) is 9.15. The Morgan fingerprint density at radius 3 is 3.17 bits per heavy atom. The number of rotatable bonds is 0. The molecule has 3 aliphatic heterocycles. The van der Waals surface area contributed by atoms with Gasteiger partial charge in [0.25, 0.3) is 0 Å². The van der Waals surface area contributed by atoms with Crippen molar-refractivity contribution in [3.63, 3.8) is 0 Å². The van der Waals surface area contributed by atoms with E-state index in [-0.39, 0.29) is 22.5 Å². The Kier molecular flexibility index (Phi) is 2.22. The van der Waals surface area contributed by atoms with E-state index < -0.39 is 0 Å². The summed E-state index contributed by atoms with van der Waals surface area (Å²) in [6.07, 6.45) is 18.2. The third kappa shape index (κ3) is 1.25. The van der Waals surface area contributed by atoms with Crippen molar-refractivity contribution in [3.05, 3.63) is 69.8 Å². The number of hydrogen-bond donors (Lipinski definition) is 0. The summed E-state index contributed by atoms with van der Waals surface area (Å²) in [6, 6.07) is 0. The van der Waals surface area contributed by atoms with Gasteiger partial charge < -0.3 is 0 Å². The van der Waals surface area contributed by atoms with Crippen molar-refractivity contribution in [2.24, 2.45) is 26.7 Å². The van der Waals surface area contributed by atoms with Crippen LogP contribution in [-0.4, -0.2) is 17.7 Å². The largest absolute Gasteiger partial charge is 0.295 e. The molecule has 0 aromatic rings. The molecule has 24 heavy (non-hydrogen) atoms. The minimum atomic E-state index is -0.330. The Morgan fingerprint density at radius 1 is 1.25 bits per heavy atom. The summed E-state index contributed by atoms with van der Waals surface area (Å²) in [6.45, 7) is 0. The number of carbonyl (C=O) groups excluding carboxylic acids is 1. The highest BCUT2D eigenvalue weighted by Crippen LogP contribution is 2.70. The lowest BCUT2D eigenvalue weighted by atomic mass is 9.51. The normalized spacial score (nSPS) is 39.9. The molecule has 3 heterocycles. The Hall–Kier alpha value is -2.20. The van der Waals surface area contributed by atoms with Crippen LogP contribution in [0.5, 0.6) is 0 Å². The fraction of sp³-hybridized carbons (Fsp3) is 0.250. The number of carbonyl (C=O) groups is 1. The molecule has 6 aliphatic rings. The third-order valence-corrected chi connectivity index (χ3v) is 7.13. The zero-order valence-corrected chi connectivity index (χ0v) is 13.7. The van der Waals surface area contributed by atoms with Gasteiger partial charge in [0.1, 0.15) is 0 Å². The summed E-state index contributed by atoms with van der Waals surface area (Å²) in [5.74, 6) is 0.368. The second-order valence-electron chi connectivity index (χ2n) is 7.04. The number of hydrogen-bond acceptors (Lipinski definition) is 4. The van der Waals surface area contributed by atoms with E-state index in [9.17, 15) is 4.79 Å². The highest BCUT2D eigenvalue weighted by molar-refractivity contribution is 8.06. The van der Waals surface area contributed by atoms with E-state index in [1.54, 1.807) is 17.8 Å². The molecule has 0 amide bonds. The molecule has 0 saturated heterocycles. The van der Waals surface area contributed by atoms with Gasteiger partial charge >= 0.3 is 0 Å². The van der Waals surface area contributed by atoms with Crippen molar-refractivity contribution in [2.45, 2.75) is 12.8 Å². The summed E-state index contributed by atoms with van der Waals surface area (Å²) in [4.78, 5) is 23.1. The maximum absolute atomic E-state index is 12.3. The first kappa shape index (κ1) is 13.1. The molecule has 0 saturated carbocycles. The second kappa shape index (κ2) is 4.06. The summed E-state index contributed by atoms with van der Waals surface area (Å²) in [5.41, 5.74) is 4.15. The predicted molar refractivity (Wildman–Crippen MR) is 96.7 cm³/mol. The smallest absolute Gasteiger partial charge is 0.156 e. The second-order valence-corrected chi connectivity index (χ2v) is 7.96. The van der Waals surface area contributed by atoms with E-state index in [1.165, 1.54) is 16.1 Å². The minimum Gasteiger partial charge on any atom is -0.295 e. The summed E-state index contributed by atoms with van der Waals surface area (Å²) < 4.78 is 0. The lowest BCUT2D eigenvalue weighted by Gasteiger charge is -2.51. The average Bonchev–Trinajstić information content (AvgIpc) is 3.26. The van der Waals surface area contributed by atoms with Crippen LogP contribution < -0.4 is 0 Å². The van der Waals surface area contributed by atoms with E-state index in [4.69, 9.17) is 4.99 Å². The number of allylic oxidation sites excluding steroid dienone is 8. The number of nitrogens with zero attached hydrogens (tertiary/aromatic N) is 2. The van der Waals surface area contributed by atoms with Crippen LogP contribution in [0.2, 0.25) is 0 Å². The number of ketones is 1. The fourth-order valence-electron chi connectivity index (χ4n) is 5.03. The van der Waals surface area contributed by atoms with Gasteiger partial charge in [-0.3, -0.25) is 14.8 Å². The molecule has 3 atom stereocenters. The van der Waals surface area contributed by atoms with Crippen LogP contribution in [0.25, 0.3) is 0 Å². The molecule has 116 valence electrons. The van der Waals surface area contributed by atoms with Gasteiger partial charge in [0.15, 0.2) is 5.78 Å². The first-order valence-electron chi connectivity index (χ1n) is 8.27. The molecule has 0 aromatic heterocycles. The molecule has 3 nitrogen and oxygen atoms in total. The molecule has 4 heteroatoms. The highest BCUT2D eigenvalue weighted by atomic mass is 32.2. The minimum absolute atomic E-state index is 0.181. The van der Waals surface area contributed by atoms with E-state index in [2.05, 4.69) is 47.0 Å². The highest BCUT2D eigenvalue weighted by Gasteiger charge is 2.64.